The first-order chi connectivity index (χ1) is 6.59. The SMILES string of the molecule is C=C(C)B(C)CCc1cccc(C)c1. The third-order valence-corrected chi connectivity index (χ3v) is 2.79. The third kappa shape index (κ3) is 3.41. The van der Waals surface area contributed by atoms with Gasteiger partial charge in [-0.2, -0.15) is 0 Å². The fraction of sp³-hybridized carbons (Fsp3) is 0.385. The Morgan fingerprint density at radius 2 is 2.14 bits per heavy atom. The summed E-state index contributed by atoms with van der Waals surface area (Å²) in [7, 11) is 0. The quantitative estimate of drug-likeness (QED) is 0.627. The second-order valence-corrected chi connectivity index (χ2v) is 4.28. The first-order valence-electron chi connectivity index (χ1n) is 5.30. The molecule has 0 N–H and O–H groups in total. The average molecular weight is 186 g/mol. The molecule has 1 heteroatoms. The average Bonchev–Trinajstić information content (AvgIpc) is 2.14. The van der Waals surface area contributed by atoms with E-state index in [0.717, 1.165) is 6.42 Å². The molecular weight excluding hydrogens is 167 g/mol. The van der Waals surface area contributed by atoms with Crippen LogP contribution >= 0.6 is 0 Å². The number of hydrogen-bond acceptors (Lipinski definition) is 0. The highest BCUT2D eigenvalue weighted by atomic mass is 14.0. The monoisotopic (exact) mass is 186 g/mol. The van der Waals surface area contributed by atoms with Crippen LogP contribution in [0.3, 0.4) is 0 Å². The Balaban J connectivity index is 2.49. The maximum Gasteiger partial charge on any atom is 0.166 e. The van der Waals surface area contributed by atoms with Crippen molar-refractivity contribution >= 4 is 6.71 Å². The van der Waals surface area contributed by atoms with Crippen LogP contribution in [0.5, 0.6) is 0 Å². The van der Waals surface area contributed by atoms with Gasteiger partial charge in [-0.25, -0.2) is 0 Å². The number of allylic oxidation sites excluding steroid dienone is 1. The van der Waals surface area contributed by atoms with Crippen LogP contribution in [-0.2, 0) is 6.42 Å². The largest absolute Gasteiger partial charge is 0.166 e. The van der Waals surface area contributed by atoms with Crippen molar-refractivity contribution in [1.29, 1.82) is 0 Å². The van der Waals surface area contributed by atoms with E-state index in [1.165, 1.54) is 22.9 Å². The van der Waals surface area contributed by atoms with E-state index in [1.807, 2.05) is 0 Å². The molecule has 0 saturated heterocycles. The van der Waals surface area contributed by atoms with E-state index < -0.39 is 0 Å². The minimum Gasteiger partial charge on any atom is -0.111 e. The summed E-state index contributed by atoms with van der Waals surface area (Å²) in [5.74, 6) is 0. The minimum absolute atomic E-state index is 0.635. The minimum atomic E-state index is 0.635. The zero-order valence-corrected chi connectivity index (χ0v) is 9.51. The predicted octanol–water partition coefficient (Wildman–Crippen LogP) is 3.78. The zero-order chi connectivity index (χ0) is 10.6. The van der Waals surface area contributed by atoms with E-state index in [-0.39, 0.29) is 0 Å². The van der Waals surface area contributed by atoms with Crippen molar-refractivity contribution in [3.63, 3.8) is 0 Å². The van der Waals surface area contributed by atoms with Gasteiger partial charge in [0.1, 0.15) is 0 Å². The lowest BCUT2D eigenvalue weighted by atomic mass is 9.44. The summed E-state index contributed by atoms with van der Waals surface area (Å²) >= 11 is 0. The molecule has 0 aromatic heterocycles. The van der Waals surface area contributed by atoms with Gasteiger partial charge < -0.3 is 0 Å². The summed E-state index contributed by atoms with van der Waals surface area (Å²) in [4.78, 5) is 0. The molecule has 0 aliphatic rings. The molecule has 1 aromatic carbocycles. The Kier molecular flexibility index (Phi) is 4.00. The molecule has 0 aliphatic carbocycles. The maximum atomic E-state index is 3.98. The van der Waals surface area contributed by atoms with Crippen LogP contribution in [0.15, 0.2) is 36.3 Å². The van der Waals surface area contributed by atoms with Crippen LogP contribution in [0.2, 0.25) is 13.1 Å². The van der Waals surface area contributed by atoms with E-state index in [0.29, 0.717) is 6.71 Å². The lowest BCUT2D eigenvalue weighted by Crippen LogP contribution is -2.09. The Bertz CT molecular complexity index is 315. The van der Waals surface area contributed by atoms with Crippen LogP contribution in [0, 0.1) is 6.92 Å². The van der Waals surface area contributed by atoms with E-state index in [1.54, 1.807) is 0 Å². The molecule has 0 fully saturated rings. The first kappa shape index (κ1) is 11.1. The van der Waals surface area contributed by atoms with Crippen LogP contribution < -0.4 is 0 Å². The predicted molar refractivity (Wildman–Crippen MR) is 66.1 cm³/mol. The van der Waals surface area contributed by atoms with Gasteiger partial charge in [0.05, 0.1) is 0 Å². The van der Waals surface area contributed by atoms with Gasteiger partial charge in [0.25, 0.3) is 0 Å². The topological polar surface area (TPSA) is 0 Å². The maximum absolute atomic E-state index is 3.98. The van der Waals surface area contributed by atoms with E-state index in [2.05, 4.69) is 51.5 Å². The summed E-state index contributed by atoms with van der Waals surface area (Å²) in [5, 5.41) is 0. The van der Waals surface area contributed by atoms with Crippen molar-refractivity contribution in [2.24, 2.45) is 0 Å². The first-order valence-corrected chi connectivity index (χ1v) is 5.30. The molecule has 0 unspecified atom stereocenters. The van der Waals surface area contributed by atoms with Gasteiger partial charge in [-0.15, -0.1) is 12.1 Å². The molecule has 1 rings (SSSR count). The van der Waals surface area contributed by atoms with Gasteiger partial charge in [-0.3, -0.25) is 0 Å². The van der Waals surface area contributed by atoms with Gasteiger partial charge in [0, 0.05) is 0 Å². The summed E-state index contributed by atoms with van der Waals surface area (Å²) in [6.07, 6.45) is 2.37. The molecule has 0 aliphatic heterocycles. The fourth-order valence-corrected chi connectivity index (χ4v) is 1.50. The van der Waals surface area contributed by atoms with Gasteiger partial charge in [0.2, 0.25) is 0 Å². The third-order valence-electron chi connectivity index (χ3n) is 2.79. The molecule has 0 nitrogen and oxygen atoms in total. The number of benzene rings is 1. The lowest BCUT2D eigenvalue weighted by Gasteiger charge is -2.07. The number of aryl methyl sites for hydroxylation is 2. The molecule has 0 spiro atoms. The van der Waals surface area contributed by atoms with Gasteiger partial charge in [0.15, 0.2) is 6.71 Å². The van der Waals surface area contributed by atoms with Gasteiger partial charge in [-0.1, -0.05) is 49.9 Å². The van der Waals surface area contributed by atoms with Crippen molar-refractivity contribution < 1.29 is 0 Å². The molecule has 0 heterocycles. The molecule has 14 heavy (non-hydrogen) atoms. The van der Waals surface area contributed by atoms with Crippen LogP contribution in [0.4, 0.5) is 0 Å². The fourth-order valence-electron chi connectivity index (χ4n) is 1.50. The Hall–Kier alpha value is -0.975. The number of hydrogen-bond donors (Lipinski definition) is 0. The molecule has 0 bridgehead atoms. The molecule has 0 atom stereocenters. The second kappa shape index (κ2) is 5.04. The summed E-state index contributed by atoms with van der Waals surface area (Å²) in [6, 6.07) is 8.76. The normalized spacial score (nSPS) is 9.93. The van der Waals surface area contributed by atoms with Crippen molar-refractivity contribution in [2.45, 2.75) is 33.4 Å². The van der Waals surface area contributed by atoms with E-state index in [4.69, 9.17) is 0 Å². The highest BCUT2D eigenvalue weighted by molar-refractivity contribution is 6.65. The van der Waals surface area contributed by atoms with Crippen molar-refractivity contribution in [3.05, 3.63) is 47.4 Å². The highest BCUT2D eigenvalue weighted by Gasteiger charge is 2.06. The molecule has 74 valence electrons. The van der Waals surface area contributed by atoms with Crippen LogP contribution in [0.1, 0.15) is 18.1 Å². The van der Waals surface area contributed by atoms with E-state index in [9.17, 15) is 0 Å². The summed E-state index contributed by atoms with van der Waals surface area (Å²) in [6.45, 7) is 11.1. The highest BCUT2D eigenvalue weighted by Crippen LogP contribution is 2.11. The Labute approximate surface area is 88.1 Å². The van der Waals surface area contributed by atoms with Crippen molar-refractivity contribution in [1.82, 2.24) is 0 Å². The Morgan fingerprint density at radius 1 is 1.43 bits per heavy atom. The zero-order valence-electron chi connectivity index (χ0n) is 9.51. The molecular formula is C13H19B. The van der Waals surface area contributed by atoms with Gasteiger partial charge in [-0.05, 0) is 18.9 Å². The Morgan fingerprint density at radius 3 is 2.71 bits per heavy atom. The van der Waals surface area contributed by atoms with Crippen molar-refractivity contribution in [3.8, 4) is 0 Å². The molecule has 1 aromatic rings. The smallest absolute Gasteiger partial charge is 0.111 e. The summed E-state index contributed by atoms with van der Waals surface area (Å²) < 4.78 is 0. The summed E-state index contributed by atoms with van der Waals surface area (Å²) in [5.41, 5.74) is 4.08. The van der Waals surface area contributed by atoms with Crippen LogP contribution in [0.25, 0.3) is 0 Å². The van der Waals surface area contributed by atoms with Crippen molar-refractivity contribution in [2.75, 3.05) is 0 Å². The molecule has 0 amide bonds. The van der Waals surface area contributed by atoms with Gasteiger partial charge >= 0.3 is 0 Å². The number of rotatable bonds is 4. The molecule has 0 saturated carbocycles. The van der Waals surface area contributed by atoms with Crippen LogP contribution in [-0.4, -0.2) is 6.71 Å². The molecule has 0 radical (unpaired) electrons. The second-order valence-electron chi connectivity index (χ2n) is 4.28. The lowest BCUT2D eigenvalue weighted by molar-refractivity contribution is 1.10. The standard InChI is InChI=1S/C13H19B/c1-11(2)14(4)9-8-13-7-5-6-12(3)10-13/h5-7,10H,1,8-9H2,2-4H3. The van der Waals surface area contributed by atoms with E-state index >= 15 is 0 Å².